The number of alkyl halides is 3. The Morgan fingerprint density at radius 1 is 1.12 bits per heavy atom. The van der Waals surface area contributed by atoms with Gasteiger partial charge in [0.15, 0.2) is 0 Å². The summed E-state index contributed by atoms with van der Waals surface area (Å²) in [7, 11) is 0. The van der Waals surface area contributed by atoms with Gasteiger partial charge in [-0.25, -0.2) is 0 Å². The van der Waals surface area contributed by atoms with E-state index in [0.717, 1.165) is 28.8 Å². The molecular formula is C13H14F3N. The first kappa shape index (κ1) is 13.4. The lowest BCUT2D eigenvalue weighted by Crippen LogP contribution is -2.04. The van der Waals surface area contributed by atoms with E-state index in [-0.39, 0.29) is 0 Å². The van der Waals surface area contributed by atoms with Gasteiger partial charge in [0.25, 0.3) is 0 Å². The molecule has 0 saturated heterocycles. The van der Waals surface area contributed by atoms with Gasteiger partial charge in [-0.3, -0.25) is 0 Å². The number of nitrogens with two attached hydrogens (primary N) is 1. The Kier molecular flexibility index (Phi) is 3.99. The third-order valence-electron chi connectivity index (χ3n) is 2.37. The van der Waals surface area contributed by atoms with Crippen LogP contribution in [0.25, 0.3) is 5.57 Å². The van der Waals surface area contributed by atoms with Crippen LogP contribution in [0.4, 0.5) is 13.2 Å². The molecule has 1 aromatic carbocycles. The lowest BCUT2D eigenvalue weighted by molar-refractivity contribution is -0.137. The summed E-state index contributed by atoms with van der Waals surface area (Å²) in [5, 5.41) is 0. The van der Waals surface area contributed by atoms with Gasteiger partial charge in [0.1, 0.15) is 0 Å². The third-order valence-corrected chi connectivity index (χ3v) is 2.37. The fourth-order valence-corrected chi connectivity index (χ4v) is 1.40. The van der Waals surface area contributed by atoms with Crippen LogP contribution >= 0.6 is 0 Å². The summed E-state index contributed by atoms with van der Waals surface area (Å²) < 4.78 is 37.0. The summed E-state index contributed by atoms with van der Waals surface area (Å²) in [6.07, 6.45) is -1.01. The van der Waals surface area contributed by atoms with Gasteiger partial charge in [-0.15, -0.1) is 0 Å². The first-order valence-electron chi connectivity index (χ1n) is 5.09. The molecule has 0 aromatic heterocycles. The average Bonchev–Trinajstić information content (AvgIpc) is 2.27. The maximum Gasteiger partial charge on any atom is 0.416 e. The van der Waals surface area contributed by atoms with Crippen molar-refractivity contribution < 1.29 is 13.2 Å². The maximum absolute atomic E-state index is 12.3. The van der Waals surface area contributed by atoms with Crippen molar-refractivity contribution in [2.24, 2.45) is 5.73 Å². The SMILES string of the molecule is CC(=C/N)/C=C(\C)c1ccc(C(F)(F)F)cc1. The van der Waals surface area contributed by atoms with Crippen molar-refractivity contribution >= 4 is 5.57 Å². The molecule has 92 valence electrons. The molecule has 4 heteroatoms. The number of hydrogen-bond acceptors (Lipinski definition) is 1. The fraction of sp³-hybridized carbons (Fsp3) is 0.231. The van der Waals surface area contributed by atoms with Crippen molar-refractivity contribution in [1.82, 2.24) is 0 Å². The fourth-order valence-electron chi connectivity index (χ4n) is 1.40. The second kappa shape index (κ2) is 5.08. The van der Waals surface area contributed by atoms with Crippen molar-refractivity contribution in [3.05, 3.63) is 53.2 Å². The van der Waals surface area contributed by atoms with Crippen molar-refractivity contribution in [2.45, 2.75) is 20.0 Å². The first-order chi connectivity index (χ1) is 7.84. The van der Waals surface area contributed by atoms with Gasteiger partial charge in [0.2, 0.25) is 0 Å². The van der Waals surface area contributed by atoms with E-state index in [0.29, 0.717) is 0 Å². The lowest BCUT2D eigenvalue weighted by Gasteiger charge is -2.08. The number of halogens is 3. The molecule has 17 heavy (non-hydrogen) atoms. The number of rotatable bonds is 2. The van der Waals surface area contributed by atoms with E-state index in [2.05, 4.69) is 0 Å². The minimum absolute atomic E-state index is 0.639. The van der Waals surface area contributed by atoms with E-state index >= 15 is 0 Å². The third kappa shape index (κ3) is 3.66. The highest BCUT2D eigenvalue weighted by molar-refractivity contribution is 5.66. The molecule has 0 heterocycles. The molecule has 0 aliphatic carbocycles. The van der Waals surface area contributed by atoms with Crippen LogP contribution in [0.2, 0.25) is 0 Å². The van der Waals surface area contributed by atoms with E-state index < -0.39 is 11.7 Å². The molecule has 0 aliphatic rings. The molecule has 2 N–H and O–H groups in total. The van der Waals surface area contributed by atoms with Gasteiger partial charge in [-0.05, 0) is 48.9 Å². The normalized spacial score (nSPS) is 13.9. The van der Waals surface area contributed by atoms with Crippen molar-refractivity contribution in [1.29, 1.82) is 0 Å². The maximum atomic E-state index is 12.3. The quantitative estimate of drug-likeness (QED) is 0.779. The molecule has 0 radical (unpaired) electrons. The van der Waals surface area contributed by atoms with E-state index in [9.17, 15) is 13.2 Å². The molecule has 1 rings (SSSR count). The summed E-state index contributed by atoms with van der Waals surface area (Å²) in [6, 6.07) is 5.07. The zero-order chi connectivity index (χ0) is 13.1. The van der Waals surface area contributed by atoms with Gasteiger partial charge < -0.3 is 5.73 Å². The molecule has 0 atom stereocenters. The Balaban J connectivity index is 3.00. The molecular weight excluding hydrogens is 227 g/mol. The average molecular weight is 241 g/mol. The lowest BCUT2D eigenvalue weighted by atomic mass is 10.0. The number of allylic oxidation sites excluding steroid dienone is 3. The van der Waals surface area contributed by atoms with Crippen LogP contribution in [0.15, 0.2) is 42.1 Å². The predicted molar refractivity (Wildman–Crippen MR) is 63.0 cm³/mol. The zero-order valence-electron chi connectivity index (χ0n) is 9.68. The Hall–Kier alpha value is -1.71. The molecule has 1 nitrogen and oxygen atoms in total. The van der Waals surface area contributed by atoms with Crippen LogP contribution in [0.3, 0.4) is 0 Å². The van der Waals surface area contributed by atoms with Gasteiger partial charge in [0, 0.05) is 0 Å². The van der Waals surface area contributed by atoms with Crippen LogP contribution in [0.5, 0.6) is 0 Å². The monoisotopic (exact) mass is 241 g/mol. The molecule has 0 aliphatic heterocycles. The molecule has 0 saturated carbocycles. The summed E-state index contributed by atoms with van der Waals surface area (Å²) in [5.41, 5.74) is 7.17. The van der Waals surface area contributed by atoms with Gasteiger partial charge in [-0.2, -0.15) is 13.2 Å². The van der Waals surface area contributed by atoms with E-state index in [1.165, 1.54) is 18.3 Å². The second-order valence-electron chi connectivity index (χ2n) is 3.81. The van der Waals surface area contributed by atoms with Crippen molar-refractivity contribution in [3.63, 3.8) is 0 Å². The topological polar surface area (TPSA) is 26.0 Å². The highest BCUT2D eigenvalue weighted by Gasteiger charge is 2.29. The van der Waals surface area contributed by atoms with Crippen LogP contribution < -0.4 is 5.73 Å². The Morgan fingerprint density at radius 3 is 2.06 bits per heavy atom. The van der Waals surface area contributed by atoms with Crippen LogP contribution in [-0.2, 0) is 6.18 Å². The summed E-state index contributed by atoms with van der Waals surface area (Å²) >= 11 is 0. The van der Waals surface area contributed by atoms with Crippen molar-refractivity contribution in [3.8, 4) is 0 Å². The largest absolute Gasteiger partial charge is 0.416 e. The molecule has 0 unspecified atom stereocenters. The molecule has 0 spiro atoms. The first-order valence-corrected chi connectivity index (χ1v) is 5.09. The van der Waals surface area contributed by atoms with Crippen molar-refractivity contribution in [2.75, 3.05) is 0 Å². The predicted octanol–water partition coefficient (Wildman–Crippen LogP) is 3.97. The van der Waals surface area contributed by atoms with Gasteiger partial charge in [-0.1, -0.05) is 18.2 Å². The summed E-state index contributed by atoms with van der Waals surface area (Å²) in [4.78, 5) is 0. The molecule has 0 amide bonds. The summed E-state index contributed by atoms with van der Waals surface area (Å²) in [6.45, 7) is 3.66. The van der Waals surface area contributed by atoms with Crippen LogP contribution in [0.1, 0.15) is 25.0 Å². The Bertz CT molecular complexity index is 439. The second-order valence-corrected chi connectivity index (χ2v) is 3.81. The van der Waals surface area contributed by atoms with Crippen LogP contribution in [-0.4, -0.2) is 0 Å². The smallest absolute Gasteiger partial charge is 0.404 e. The molecule has 0 bridgehead atoms. The van der Waals surface area contributed by atoms with Crippen LogP contribution in [0, 0.1) is 0 Å². The minimum Gasteiger partial charge on any atom is -0.404 e. The van der Waals surface area contributed by atoms with Gasteiger partial charge >= 0.3 is 6.18 Å². The minimum atomic E-state index is -4.29. The zero-order valence-corrected chi connectivity index (χ0v) is 9.68. The number of hydrogen-bond donors (Lipinski definition) is 1. The van der Waals surface area contributed by atoms with E-state index in [1.54, 1.807) is 0 Å². The molecule has 1 aromatic rings. The highest BCUT2D eigenvalue weighted by atomic mass is 19.4. The Morgan fingerprint density at radius 2 is 1.65 bits per heavy atom. The molecule has 0 fully saturated rings. The standard InChI is InChI=1S/C13H14F3N/c1-9(8-17)7-10(2)11-3-5-12(6-4-11)13(14,15)16/h3-8H,17H2,1-2H3/b9-8-,10-7+. The highest BCUT2D eigenvalue weighted by Crippen LogP contribution is 2.30. The summed E-state index contributed by atoms with van der Waals surface area (Å²) in [5.74, 6) is 0. The Labute approximate surface area is 98.4 Å². The van der Waals surface area contributed by atoms with Gasteiger partial charge in [0.05, 0.1) is 5.56 Å². The van der Waals surface area contributed by atoms with E-state index in [4.69, 9.17) is 5.73 Å². The number of benzene rings is 1. The van der Waals surface area contributed by atoms with E-state index in [1.807, 2.05) is 19.9 Å².